The fourth-order valence-corrected chi connectivity index (χ4v) is 8.19. The van der Waals surface area contributed by atoms with Crippen molar-refractivity contribution in [3.05, 3.63) is 65.0 Å². The van der Waals surface area contributed by atoms with Crippen molar-refractivity contribution in [1.82, 2.24) is 9.29 Å². The molecule has 0 aliphatic carbocycles. The molecule has 3 heterocycles. The predicted octanol–water partition coefficient (Wildman–Crippen LogP) is 5.86. The zero-order valence-corrected chi connectivity index (χ0v) is 20.6. The van der Waals surface area contributed by atoms with Gasteiger partial charge in [0, 0.05) is 17.8 Å². The monoisotopic (exact) mass is 517 g/mol. The number of benzene rings is 2. The molecular formula is C23H20ClN3O3S3. The number of nitrogens with one attached hydrogen (secondary N) is 1. The Morgan fingerprint density at radius 3 is 2.70 bits per heavy atom. The minimum Gasteiger partial charge on any atom is -0.325 e. The molecule has 0 radical (unpaired) electrons. The van der Waals surface area contributed by atoms with E-state index in [1.807, 2.05) is 42.5 Å². The molecule has 0 spiro atoms. The van der Waals surface area contributed by atoms with E-state index in [9.17, 15) is 13.2 Å². The first kappa shape index (κ1) is 22.5. The quantitative estimate of drug-likeness (QED) is 0.359. The molecule has 4 aromatic rings. The summed E-state index contributed by atoms with van der Waals surface area (Å²) >= 11 is 8.55. The van der Waals surface area contributed by atoms with Gasteiger partial charge in [0.1, 0.15) is 15.3 Å². The molecule has 2 aromatic heterocycles. The number of hydrogen-bond donors (Lipinski definition) is 1. The van der Waals surface area contributed by atoms with Crippen LogP contribution in [0.4, 0.5) is 5.69 Å². The summed E-state index contributed by atoms with van der Waals surface area (Å²) in [5.74, 6) is -0.331. The zero-order valence-electron chi connectivity index (χ0n) is 17.4. The number of amides is 1. The molecule has 170 valence electrons. The number of hydrogen-bond acceptors (Lipinski definition) is 6. The highest BCUT2D eigenvalue weighted by molar-refractivity contribution is 7.91. The van der Waals surface area contributed by atoms with Gasteiger partial charge in [0.2, 0.25) is 5.91 Å². The highest BCUT2D eigenvalue weighted by Crippen LogP contribution is 2.33. The van der Waals surface area contributed by atoms with Crippen LogP contribution in [0.1, 0.15) is 19.3 Å². The smallest absolute Gasteiger partial charge is 0.253 e. The highest BCUT2D eigenvalue weighted by Gasteiger charge is 2.38. The van der Waals surface area contributed by atoms with Crippen LogP contribution in [0.5, 0.6) is 0 Å². The van der Waals surface area contributed by atoms with E-state index in [4.69, 9.17) is 11.6 Å². The van der Waals surface area contributed by atoms with E-state index in [1.54, 1.807) is 23.5 Å². The zero-order chi connectivity index (χ0) is 23.0. The van der Waals surface area contributed by atoms with Gasteiger partial charge in [-0.2, -0.15) is 4.31 Å². The third kappa shape index (κ3) is 4.56. The summed E-state index contributed by atoms with van der Waals surface area (Å²) in [6.45, 7) is 0.307. The van der Waals surface area contributed by atoms with Crippen LogP contribution in [0.25, 0.3) is 20.8 Å². The molecule has 6 nitrogen and oxygen atoms in total. The predicted molar refractivity (Wildman–Crippen MR) is 135 cm³/mol. The molecule has 1 amide bonds. The van der Waals surface area contributed by atoms with Crippen LogP contribution in [0.15, 0.2) is 64.9 Å². The van der Waals surface area contributed by atoms with Crippen molar-refractivity contribution in [2.45, 2.75) is 29.5 Å². The Kier molecular flexibility index (Phi) is 6.24. The van der Waals surface area contributed by atoms with Crippen molar-refractivity contribution < 1.29 is 13.2 Å². The van der Waals surface area contributed by atoms with Crippen LogP contribution >= 0.6 is 34.3 Å². The van der Waals surface area contributed by atoms with E-state index in [1.165, 1.54) is 10.4 Å². The molecule has 10 heteroatoms. The third-order valence-corrected chi connectivity index (χ3v) is 10.2. The lowest BCUT2D eigenvalue weighted by Gasteiger charge is -2.33. The molecule has 1 atom stereocenters. The fourth-order valence-electron chi connectivity index (χ4n) is 3.96. The summed E-state index contributed by atoms with van der Waals surface area (Å²) < 4.78 is 29.3. The minimum atomic E-state index is -3.80. The summed E-state index contributed by atoms with van der Waals surface area (Å²) in [4.78, 5) is 17.9. The average molecular weight is 518 g/mol. The second-order valence-corrected chi connectivity index (χ2v) is 12.6. The van der Waals surface area contributed by atoms with Gasteiger partial charge in [-0.3, -0.25) is 4.79 Å². The molecule has 1 aliphatic rings. The van der Waals surface area contributed by atoms with Crippen molar-refractivity contribution in [3.8, 4) is 10.6 Å². The molecule has 1 N–H and O–H groups in total. The summed E-state index contributed by atoms with van der Waals surface area (Å²) in [5.41, 5.74) is 2.44. The molecule has 1 aliphatic heterocycles. The summed E-state index contributed by atoms with van der Waals surface area (Å²) in [7, 11) is -3.80. The van der Waals surface area contributed by atoms with E-state index in [2.05, 4.69) is 10.3 Å². The standard InChI is InChI=1S/C23H20ClN3O3S3/c24-20-11-12-21(32-20)33(29,30)27-13-4-3-9-18(27)22(28)25-16-7-5-6-15(14-16)23-26-17-8-1-2-10-19(17)31-23/h1-2,5-8,10-12,14,18H,3-4,9,13H2,(H,25,28). The SMILES string of the molecule is O=C(Nc1cccc(-c2nc3ccccc3s2)c1)C1CCCCN1S(=O)(=O)c1ccc(Cl)s1. The topological polar surface area (TPSA) is 79.4 Å². The summed E-state index contributed by atoms with van der Waals surface area (Å²) in [6, 6.07) is 17.7. The lowest BCUT2D eigenvalue weighted by atomic mass is 10.0. The molecule has 1 unspecified atom stereocenters. The van der Waals surface area contributed by atoms with Crippen LogP contribution in [0, 0.1) is 0 Å². The van der Waals surface area contributed by atoms with E-state index >= 15 is 0 Å². The highest BCUT2D eigenvalue weighted by atomic mass is 35.5. The molecule has 2 aromatic carbocycles. The molecule has 1 fully saturated rings. The second-order valence-electron chi connectivity index (χ2n) is 7.74. The number of carbonyl (C=O) groups excluding carboxylic acids is 1. The first-order valence-corrected chi connectivity index (χ1v) is 13.9. The van der Waals surface area contributed by atoms with Crippen molar-refractivity contribution in [2.75, 3.05) is 11.9 Å². The molecule has 0 bridgehead atoms. The Balaban J connectivity index is 1.38. The Labute approximate surface area is 204 Å². The fraction of sp³-hybridized carbons (Fsp3) is 0.217. The number of anilines is 1. The Hall–Kier alpha value is -2.30. The number of sulfonamides is 1. The number of thiophene rings is 1. The maximum absolute atomic E-state index is 13.2. The molecule has 1 saturated heterocycles. The third-order valence-electron chi connectivity index (χ3n) is 5.54. The maximum Gasteiger partial charge on any atom is 0.253 e. The van der Waals surface area contributed by atoms with Crippen molar-refractivity contribution in [1.29, 1.82) is 0 Å². The average Bonchev–Trinajstić information content (AvgIpc) is 3.46. The van der Waals surface area contributed by atoms with Crippen LogP contribution in [-0.2, 0) is 14.8 Å². The van der Waals surface area contributed by atoms with E-state index in [0.717, 1.165) is 45.0 Å². The molecule has 0 saturated carbocycles. The molecular weight excluding hydrogens is 498 g/mol. The number of para-hydroxylation sites is 1. The lowest BCUT2D eigenvalue weighted by molar-refractivity contribution is -0.120. The largest absolute Gasteiger partial charge is 0.325 e. The van der Waals surface area contributed by atoms with Gasteiger partial charge in [-0.05, 0) is 49.2 Å². The number of nitrogens with zero attached hydrogens (tertiary/aromatic N) is 2. The molecule has 33 heavy (non-hydrogen) atoms. The van der Waals surface area contributed by atoms with Gasteiger partial charge < -0.3 is 5.32 Å². The number of thiazole rings is 1. The van der Waals surface area contributed by atoms with Gasteiger partial charge in [0.25, 0.3) is 10.0 Å². The summed E-state index contributed by atoms with van der Waals surface area (Å²) in [5, 5.41) is 3.79. The number of rotatable bonds is 5. The van der Waals surface area contributed by atoms with Crippen molar-refractivity contribution in [2.24, 2.45) is 0 Å². The van der Waals surface area contributed by atoms with E-state index < -0.39 is 16.1 Å². The van der Waals surface area contributed by atoms with E-state index in [-0.39, 0.29) is 10.1 Å². The lowest BCUT2D eigenvalue weighted by Crippen LogP contribution is -2.49. The Morgan fingerprint density at radius 2 is 1.91 bits per heavy atom. The maximum atomic E-state index is 13.2. The van der Waals surface area contributed by atoms with Gasteiger partial charge >= 0.3 is 0 Å². The van der Waals surface area contributed by atoms with Gasteiger partial charge in [-0.1, -0.05) is 42.3 Å². The number of aromatic nitrogens is 1. The van der Waals surface area contributed by atoms with Crippen LogP contribution in [0.2, 0.25) is 4.34 Å². The van der Waals surface area contributed by atoms with Crippen LogP contribution in [0.3, 0.4) is 0 Å². The van der Waals surface area contributed by atoms with Gasteiger partial charge in [-0.15, -0.1) is 22.7 Å². The number of fused-ring (bicyclic) bond motifs is 1. The Bertz CT molecular complexity index is 1400. The Morgan fingerprint density at radius 1 is 1.06 bits per heavy atom. The van der Waals surface area contributed by atoms with Crippen molar-refractivity contribution in [3.63, 3.8) is 0 Å². The normalized spacial score (nSPS) is 17.3. The molecule has 5 rings (SSSR count). The van der Waals surface area contributed by atoms with Gasteiger partial charge in [0.15, 0.2) is 0 Å². The van der Waals surface area contributed by atoms with Gasteiger partial charge in [-0.25, -0.2) is 13.4 Å². The first-order valence-electron chi connectivity index (χ1n) is 10.5. The van der Waals surface area contributed by atoms with Crippen molar-refractivity contribution >= 4 is 66.1 Å². The summed E-state index contributed by atoms with van der Waals surface area (Å²) in [6.07, 6.45) is 1.98. The number of carbonyl (C=O) groups is 1. The second kappa shape index (κ2) is 9.15. The number of piperidine rings is 1. The van der Waals surface area contributed by atoms with E-state index in [0.29, 0.717) is 23.0 Å². The number of halogens is 1. The van der Waals surface area contributed by atoms with Crippen LogP contribution in [-0.4, -0.2) is 36.2 Å². The first-order chi connectivity index (χ1) is 15.9. The van der Waals surface area contributed by atoms with Crippen LogP contribution < -0.4 is 5.32 Å². The van der Waals surface area contributed by atoms with Gasteiger partial charge in [0.05, 0.1) is 14.6 Å². The minimum absolute atomic E-state index is 0.157.